The number of aliphatic hydroxyl groups is 1. The largest absolute Gasteiger partial charge is 0.387 e. The Bertz CT molecular complexity index is 1070. The van der Waals surface area contributed by atoms with Crippen LogP contribution in [0.5, 0.6) is 0 Å². The summed E-state index contributed by atoms with van der Waals surface area (Å²) in [6.45, 7) is 4.41. The van der Waals surface area contributed by atoms with Crippen molar-refractivity contribution >= 4 is 16.0 Å². The summed E-state index contributed by atoms with van der Waals surface area (Å²) in [6.07, 6.45) is 53.1. The molecule has 0 saturated heterocycles. The van der Waals surface area contributed by atoms with E-state index in [0.717, 1.165) is 64.2 Å². The zero-order valence-electron chi connectivity index (χ0n) is 32.7. The Kier molecular flexibility index (Phi) is 35.9. The molecule has 294 valence electrons. The van der Waals surface area contributed by atoms with Gasteiger partial charge in [0.2, 0.25) is 5.91 Å². The van der Waals surface area contributed by atoms with E-state index in [1.54, 1.807) is 6.08 Å². The molecule has 0 rings (SSSR count). The van der Waals surface area contributed by atoms with E-state index in [9.17, 15) is 22.9 Å². The van der Waals surface area contributed by atoms with Crippen LogP contribution in [0.15, 0.2) is 72.9 Å². The minimum absolute atomic E-state index is 0.270. The van der Waals surface area contributed by atoms with Crippen molar-refractivity contribution in [2.24, 2.45) is 0 Å². The Labute approximate surface area is 314 Å². The molecule has 6 nitrogen and oxygen atoms in total. The summed E-state index contributed by atoms with van der Waals surface area (Å²) in [5.41, 5.74) is 0. The molecule has 0 aromatic rings. The van der Waals surface area contributed by atoms with Crippen LogP contribution in [0.1, 0.15) is 181 Å². The van der Waals surface area contributed by atoms with Crippen LogP contribution in [0.3, 0.4) is 0 Å². The van der Waals surface area contributed by atoms with Crippen molar-refractivity contribution in [1.82, 2.24) is 5.32 Å². The van der Waals surface area contributed by atoms with Crippen LogP contribution < -0.4 is 5.32 Å². The third-order valence-electron chi connectivity index (χ3n) is 8.84. The van der Waals surface area contributed by atoms with Gasteiger partial charge in [-0.1, -0.05) is 170 Å². The second-order valence-corrected chi connectivity index (χ2v) is 15.4. The van der Waals surface area contributed by atoms with Crippen molar-refractivity contribution in [3.05, 3.63) is 72.9 Å². The first kappa shape index (κ1) is 48.8. The summed E-state index contributed by atoms with van der Waals surface area (Å²) < 4.78 is 32.5. The molecule has 51 heavy (non-hydrogen) atoms. The van der Waals surface area contributed by atoms with Crippen LogP contribution >= 0.6 is 0 Å². The number of carbonyl (C=O) groups is 1. The van der Waals surface area contributed by atoms with E-state index in [-0.39, 0.29) is 12.3 Å². The van der Waals surface area contributed by atoms with E-state index in [4.69, 9.17) is 0 Å². The third-order valence-corrected chi connectivity index (χ3v) is 9.62. The number of hydrogen-bond donors (Lipinski definition) is 3. The van der Waals surface area contributed by atoms with Gasteiger partial charge in [-0.25, -0.2) is 0 Å². The van der Waals surface area contributed by atoms with Gasteiger partial charge in [-0.15, -0.1) is 0 Å². The molecule has 0 heterocycles. The zero-order valence-corrected chi connectivity index (χ0v) is 33.5. The van der Waals surface area contributed by atoms with Gasteiger partial charge in [0.1, 0.15) is 0 Å². The van der Waals surface area contributed by atoms with E-state index >= 15 is 0 Å². The maximum absolute atomic E-state index is 12.5. The van der Waals surface area contributed by atoms with Gasteiger partial charge in [-0.2, -0.15) is 8.42 Å². The van der Waals surface area contributed by atoms with Gasteiger partial charge in [0.15, 0.2) is 0 Å². The van der Waals surface area contributed by atoms with Crippen molar-refractivity contribution in [1.29, 1.82) is 0 Å². The van der Waals surface area contributed by atoms with Crippen LogP contribution in [-0.2, 0) is 14.9 Å². The Balaban J connectivity index is 4.03. The molecule has 0 aromatic carbocycles. The van der Waals surface area contributed by atoms with Crippen molar-refractivity contribution < 1.29 is 22.9 Å². The number of carbonyl (C=O) groups excluding carboxylic acids is 1. The average Bonchev–Trinajstić information content (AvgIpc) is 3.09. The molecule has 2 atom stereocenters. The number of rotatable bonds is 36. The monoisotopic (exact) mass is 732 g/mol. The topological polar surface area (TPSA) is 104 Å². The second-order valence-electron chi connectivity index (χ2n) is 13.9. The summed E-state index contributed by atoms with van der Waals surface area (Å²) in [7, 11) is -4.36. The maximum atomic E-state index is 12.5. The molecular formula is C44H77NO5S. The predicted octanol–water partition coefficient (Wildman–Crippen LogP) is 12.2. The summed E-state index contributed by atoms with van der Waals surface area (Å²) in [6, 6.07) is -1.09. The Hall–Kier alpha value is -2.22. The van der Waals surface area contributed by atoms with Crippen LogP contribution in [0.2, 0.25) is 0 Å². The molecule has 0 aliphatic heterocycles. The fourth-order valence-corrected chi connectivity index (χ4v) is 6.52. The second kappa shape index (κ2) is 37.5. The lowest BCUT2D eigenvalue weighted by molar-refractivity contribution is -0.122. The standard InChI is InChI=1S/C44H77NO5S/c1-3-5-7-9-11-13-15-17-19-21-22-24-25-27-29-31-33-35-37-39-43(46)42(41-51(48,49)50)45-44(47)40-38-36-34-32-30-28-26-23-20-18-16-14-12-10-8-6-4-2/h6,8,12,14,18,20,22,24,29,31,37,39,42-43,46H,3-5,7,9-11,13,15-17,19,21,23,25-28,30,32-36,38,40-41H2,1-2H3,(H,45,47)(H,48,49,50)/b8-6-,14-12-,20-18-,24-22+,31-29+,39-37+. The fraction of sp³-hybridized carbons (Fsp3) is 0.705. The molecule has 0 aliphatic carbocycles. The van der Waals surface area contributed by atoms with E-state index < -0.39 is 28.0 Å². The van der Waals surface area contributed by atoms with Crippen LogP contribution in [0, 0.1) is 0 Å². The first-order valence-corrected chi connectivity index (χ1v) is 22.2. The van der Waals surface area contributed by atoms with Crippen molar-refractivity contribution in [2.45, 2.75) is 193 Å². The molecule has 7 heteroatoms. The highest BCUT2D eigenvalue weighted by Gasteiger charge is 2.24. The van der Waals surface area contributed by atoms with Gasteiger partial charge in [0.25, 0.3) is 10.1 Å². The minimum Gasteiger partial charge on any atom is -0.387 e. The molecule has 0 aliphatic rings. The summed E-state index contributed by atoms with van der Waals surface area (Å²) in [5.74, 6) is -1.03. The summed E-state index contributed by atoms with van der Waals surface area (Å²) in [5, 5.41) is 13.2. The smallest absolute Gasteiger partial charge is 0.267 e. The molecule has 0 saturated carbocycles. The molecule has 1 amide bonds. The van der Waals surface area contributed by atoms with Crippen molar-refractivity contribution in [3.63, 3.8) is 0 Å². The Morgan fingerprint density at radius 1 is 0.549 bits per heavy atom. The van der Waals surface area contributed by atoms with Gasteiger partial charge in [-0.05, 0) is 77.0 Å². The lowest BCUT2D eigenvalue weighted by atomic mass is 10.1. The van der Waals surface area contributed by atoms with Gasteiger partial charge in [-0.3, -0.25) is 9.35 Å². The van der Waals surface area contributed by atoms with Gasteiger partial charge >= 0.3 is 0 Å². The molecule has 0 radical (unpaired) electrons. The lowest BCUT2D eigenvalue weighted by Gasteiger charge is -2.21. The van der Waals surface area contributed by atoms with Gasteiger partial charge in [0, 0.05) is 6.42 Å². The molecule has 0 bridgehead atoms. The normalized spacial score (nSPS) is 14.0. The quantitative estimate of drug-likeness (QED) is 0.0338. The average molecular weight is 732 g/mol. The van der Waals surface area contributed by atoms with Crippen LogP contribution in [0.25, 0.3) is 0 Å². The van der Waals surface area contributed by atoms with E-state index in [1.165, 1.54) is 89.5 Å². The highest BCUT2D eigenvalue weighted by atomic mass is 32.2. The highest BCUT2D eigenvalue weighted by molar-refractivity contribution is 7.85. The number of nitrogens with one attached hydrogen (secondary N) is 1. The first-order valence-electron chi connectivity index (χ1n) is 20.6. The molecule has 0 aromatic heterocycles. The summed E-state index contributed by atoms with van der Waals surface area (Å²) >= 11 is 0. The fourth-order valence-electron chi connectivity index (χ4n) is 5.79. The zero-order chi connectivity index (χ0) is 37.5. The Morgan fingerprint density at radius 2 is 0.961 bits per heavy atom. The summed E-state index contributed by atoms with van der Waals surface area (Å²) in [4.78, 5) is 12.5. The van der Waals surface area contributed by atoms with Crippen LogP contribution in [0.4, 0.5) is 0 Å². The van der Waals surface area contributed by atoms with E-state index in [2.05, 4.69) is 79.9 Å². The third kappa shape index (κ3) is 38.8. The van der Waals surface area contributed by atoms with Gasteiger partial charge < -0.3 is 10.4 Å². The molecule has 0 fully saturated rings. The molecular weight excluding hydrogens is 655 g/mol. The number of hydrogen-bond acceptors (Lipinski definition) is 4. The molecule has 2 unspecified atom stereocenters. The van der Waals surface area contributed by atoms with Crippen molar-refractivity contribution in [3.8, 4) is 0 Å². The number of aliphatic hydroxyl groups excluding tert-OH is 1. The maximum Gasteiger partial charge on any atom is 0.267 e. The van der Waals surface area contributed by atoms with E-state index in [1.807, 2.05) is 0 Å². The predicted molar refractivity (Wildman–Crippen MR) is 221 cm³/mol. The van der Waals surface area contributed by atoms with Crippen molar-refractivity contribution in [2.75, 3.05) is 5.75 Å². The lowest BCUT2D eigenvalue weighted by Crippen LogP contribution is -2.46. The first-order chi connectivity index (χ1) is 24.8. The Morgan fingerprint density at radius 3 is 1.47 bits per heavy atom. The SMILES string of the molecule is CC/C=C\C/C=C\C/C=C\CCCCCCCCCC(=O)NC(CS(=O)(=O)O)C(O)/C=C/CC/C=C/CC/C=C/CCCCCCCCCCC. The highest BCUT2D eigenvalue weighted by Crippen LogP contribution is 2.12. The molecule has 0 spiro atoms. The number of unbranched alkanes of at least 4 members (excludes halogenated alkanes) is 18. The van der Waals surface area contributed by atoms with Crippen LogP contribution in [-0.4, -0.2) is 41.9 Å². The number of amides is 1. The molecule has 3 N–H and O–H groups in total. The van der Waals surface area contributed by atoms with Gasteiger partial charge in [0.05, 0.1) is 17.9 Å². The van der Waals surface area contributed by atoms with E-state index in [0.29, 0.717) is 12.8 Å². The minimum atomic E-state index is -4.36. The number of allylic oxidation sites excluding steroid dienone is 11.